The quantitative estimate of drug-likeness (QED) is 0.503. The molecule has 0 bridgehead atoms. The van der Waals surface area contributed by atoms with Gasteiger partial charge in [-0.15, -0.1) is 0 Å². The van der Waals surface area contributed by atoms with Crippen LogP contribution in [0.4, 0.5) is 18.4 Å². The predicted molar refractivity (Wildman–Crippen MR) is 28.0 cm³/mol. The number of carbonyl (C=O) groups is 2. The summed E-state index contributed by atoms with van der Waals surface area (Å²) in [5, 5.41) is 15.6. The van der Waals surface area contributed by atoms with Crippen LogP contribution in [0.5, 0.6) is 0 Å². The Morgan fingerprint density at radius 2 is 1.58 bits per heavy atom. The largest absolute Gasteiger partial charge is 0.511 e. The maximum absolute atomic E-state index is 12.4. The number of carboxylic acid groups (broad SMARTS) is 2. The minimum Gasteiger partial charge on any atom is -0.450 e. The van der Waals surface area contributed by atoms with Crippen molar-refractivity contribution in [2.75, 3.05) is 6.67 Å². The molecule has 0 saturated carbocycles. The Kier molecular flexibility index (Phi) is 3.20. The fourth-order valence-electron chi connectivity index (χ4n) is 0.336. The molecular formula is C4H4F2O6. The van der Waals surface area contributed by atoms with Crippen LogP contribution in [0.3, 0.4) is 0 Å². The lowest BCUT2D eigenvalue weighted by Crippen LogP contribution is -2.37. The first-order valence-electron chi connectivity index (χ1n) is 2.48. The van der Waals surface area contributed by atoms with E-state index >= 15 is 0 Å². The average Bonchev–Trinajstić information content (AvgIpc) is 1.83. The molecule has 0 radical (unpaired) electrons. The van der Waals surface area contributed by atoms with Crippen LogP contribution >= 0.6 is 0 Å². The first-order valence-corrected chi connectivity index (χ1v) is 2.48. The Labute approximate surface area is 64.3 Å². The lowest BCUT2D eigenvalue weighted by molar-refractivity contribution is -0.272. The Hall–Kier alpha value is -1.60. The van der Waals surface area contributed by atoms with Gasteiger partial charge in [0.1, 0.15) is 0 Å². The summed E-state index contributed by atoms with van der Waals surface area (Å²) in [4.78, 5) is 19.3. The van der Waals surface area contributed by atoms with E-state index in [4.69, 9.17) is 10.2 Å². The van der Waals surface area contributed by atoms with Gasteiger partial charge in [0.15, 0.2) is 0 Å². The topological polar surface area (TPSA) is 93.1 Å². The van der Waals surface area contributed by atoms with Gasteiger partial charge in [0, 0.05) is 0 Å². The number of hydrogen-bond acceptors (Lipinski definition) is 4. The molecule has 0 aromatic heterocycles. The maximum Gasteiger partial charge on any atom is 0.511 e. The number of ether oxygens (including phenoxy) is 2. The molecule has 0 atom stereocenters. The van der Waals surface area contributed by atoms with Crippen molar-refractivity contribution in [1.82, 2.24) is 0 Å². The fourth-order valence-corrected chi connectivity index (χ4v) is 0.336. The van der Waals surface area contributed by atoms with E-state index in [2.05, 4.69) is 9.47 Å². The molecule has 0 spiro atoms. The fraction of sp³-hybridized carbons (Fsp3) is 0.500. The number of alkyl halides is 2. The molecule has 70 valence electrons. The first-order chi connectivity index (χ1) is 5.39. The Bertz CT molecular complexity index is 176. The third-order valence-corrected chi connectivity index (χ3v) is 0.639. The molecule has 0 amide bonds. The van der Waals surface area contributed by atoms with Gasteiger partial charge in [-0.2, -0.15) is 4.39 Å². The highest BCUT2D eigenvalue weighted by atomic mass is 19.2. The zero-order chi connectivity index (χ0) is 9.78. The maximum atomic E-state index is 12.4. The smallest absolute Gasteiger partial charge is 0.450 e. The van der Waals surface area contributed by atoms with E-state index in [1.165, 1.54) is 0 Å². The summed E-state index contributed by atoms with van der Waals surface area (Å²) in [6, 6.07) is -3.78. The second-order valence-corrected chi connectivity index (χ2v) is 1.53. The molecule has 0 aromatic carbocycles. The summed E-state index contributed by atoms with van der Waals surface area (Å²) >= 11 is 0. The van der Waals surface area contributed by atoms with E-state index in [1.54, 1.807) is 0 Å². The molecule has 6 nitrogen and oxygen atoms in total. The van der Waals surface area contributed by atoms with Crippen molar-refractivity contribution in [3.8, 4) is 0 Å². The zero-order valence-corrected chi connectivity index (χ0v) is 5.49. The van der Waals surface area contributed by atoms with Gasteiger partial charge in [-0.3, -0.25) is 0 Å². The Morgan fingerprint density at radius 3 is 1.75 bits per heavy atom. The minimum absolute atomic E-state index is 2.05. The van der Waals surface area contributed by atoms with E-state index in [0.717, 1.165) is 0 Å². The van der Waals surface area contributed by atoms with Crippen LogP contribution in [-0.4, -0.2) is 35.2 Å². The highest BCUT2D eigenvalue weighted by Crippen LogP contribution is 2.16. The van der Waals surface area contributed by atoms with Crippen molar-refractivity contribution in [1.29, 1.82) is 0 Å². The lowest BCUT2D eigenvalue weighted by Gasteiger charge is -2.17. The SMILES string of the molecule is O=C(O)OC(F)(CF)OC(=O)O. The first kappa shape index (κ1) is 10.4. The van der Waals surface area contributed by atoms with Crippen LogP contribution < -0.4 is 0 Å². The van der Waals surface area contributed by atoms with Crippen molar-refractivity contribution in [2.45, 2.75) is 6.04 Å². The average molecular weight is 186 g/mol. The molecule has 0 unspecified atom stereocenters. The molecule has 0 aromatic rings. The van der Waals surface area contributed by atoms with Crippen molar-refractivity contribution < 1.29 is 38.1 Å². The van der Waals surface area contributed by atoms with E-state index in [-0.39, 0.29) is 0 Å². The van der Waals surface area contributed by atoms with Crippen molar-refractivity contribution in [3.05, 3.63) is 0 Å². The highest BCUT2D eigenvalue weighted by molar-refractivity contribution is 5.59. The molecule has 0 aliphatic heterocycles. The van der Waals surface area contributed by atoms with E-state index in [1.807, 2.05) is 0 Å². The number of rotatable bonds is 3. The third-order valence-electron chi connectivity index (χ3n) is 0.639. The summed E-state index contributed by atoms with van der Waals surface area (Å²) in [5.74, 6) is 0. The summed E-state index contributed by atoms with van der Waals surface area (Å²) in [6.07, 6.45) is -4.37. The van der Waals surface area contributed by atoms with Gasteiger partial charge < -0.3 is 19.7 Å². The summed E-state index contributed by atoms with van der Waals surface area (Å²) in [5.41, 5.74) is 0. The minimum atomic E-state index is -3.78. The van der Waals surface area contributed by atoms with Gasteiger partial charge >= 0.3 is 18.4 Å². The second-order valence-electron chi connectivity index (χ2n) is 1.53. The highest BCUT2D eigenvalue weighted by Gasteiger charge is 2.40. The normalized spacial score (nSPS) is 10.5. The van der Waals surface area contributed by atoms with Gasteiger partial charge in [0.05, 0.1) is 0 Å². The predicted octanol–water partition coefficient (Wildman–Crippen LogP) is 0.968. The van der Waals surface area contributed by atoms with Gasteiger partial charge in [-0.05, 0) is 0 Å². The van der Waals surface area contributed by atoms with Crippen LogP contribution in [-0.2, 0) is 9.47 Å². The lowest BCUT2D eigenvalue weighted by atomic mass is 10.6. The third kappa shape index (κ3) is 3.54. The van der Waals surface area contributed by atoms with Gasteiger partial charge in [-0.1, -0.05) is 0 Å². The number of halogens is 2. The van der Waals surface area contributed by atoms with Crippen molar-refractivity contribution in [2.24, 2.45) is 0 Å². The molecule has 0 aliphatic carbocycles. The molecule has 2 N–H and O–H groups in total. The zero-order valence-electron chi connectivity index (χ0n) is 5.49. The molecule has 0 fully saturated rings. The van der Waals surface area contributed by atoms with Crippen molar-refractivity contribution in [3.63, 3.8) is 0 Å². The van der Waals surface area contributed by atoms with E-state index in [0.29, 0.717) is 0 Å². The summed E-state index contributed by atoms with van der Waals surface area (Å²) < 4.78 is 30.4. The monoisotopic (exact) mass is 186 g/mol. The van der Waals surface area contributed by atoms with Crippen LogP contribution in [0.2, 0.25) is 0 Å². The summed E-state index contributed by atoms with van der Waals surface area (Å²) in [6.45, 7) is -2.05. The van der Waals surface area contributed by atoms with Crippen molar-refractivity contribution >= 4 is 12.3 Å². The molecule has 8 heteroatoms. The Balaban J connectivity index is 4.23. The second kappa shape index (κ2) is 3.69. The molecule has 0 aliphatic rings. The molecule has 12 heavy (non-hydrogen) atoms. The van der Waals surface area contributed by atoms with E-state index in [9.17, 15) is 18.4 Å². The van der Waals surface area contributed by atoms with Crippen LogP contribution in [0, 0.1) is 0 Å². The molecule has 0 rings (SSSR count). The van der Waals surface area contributed by atoms with E-state index < -0.39 is 25.0 Å². The number of hydrogen-bond donors (Lipinski definition) is 2. The van der Waals surface area contributed by atoms with Crippen LogP contribution in [0.1, 0.15) is 0 Å². The molecule has 0 saturated heterocycles. The van der Waals surface area contributed by atoms with Gasteiger partial charge in [0.2, 0.25) is 6.67 Å². The van der Waals surface area contributed by atoms with Gasteiger partial charge in [-0.25, -0.2) is 14.0 Å². The Morgan fingerprint density at radius 1 is 1.25 bits per heavy atom. The standard InChI is InChI=1S/C4H4F2O6/c5-1-4(6,11-2(7)8)12-3(9)10/h1H2,(H,7,8)(H,9,10). The summed E-state index contributed by atoms with van der Waals surface area (Å²) in [7, 11) is 0. The molecule has 0 heterocycles. The van der Waals surface area contributed by atoms with Gasteiger partial charge in [0.25, 0.3) is 0 Å². The van der Waals surface area contributed by atoms with Crippen LogP contribution in [0.15, 0.2) is 0 Å². The molecular weight excluding hydrogens is 182 g/mol. The van der Waals surface area contributed by atoms with Crippen LogP contribution in [0.25, 0.3) is 0 Å².